The predicted molar refractivity (Wildman–Crippen MR) is 89.7 cm³/mol. The van der Waals surface area contributed by atoms with Gasteiger partial charge in [-0.1, -0.05) is 34.1 Å². The van der Waals surface area contributed by atoms with Crippen molar-refractivity contribution in [2.45, 2.75) is 11.8 Å². The van der Waals surface area contributed by atoms with E-state index in [9.17, 15) is 13.2 Å². The van der Waals surface area contributed by atoms with E-state index in [-0.39, 0.29) is 4.90 Å². The summed E-state index contributed by atoms with van der Waals surface area (Å²) in [4.78, 5) is 12.7. The summed E-state index contributed by atoms with van der Waals surface area (Å²) in [5.74, 6) is 0. The monoisotopic (exact) mass is 377 g/mol. The van der Waals surface area contributed by atoms with Gasteiger partial charge in [0.2, 0.25) is 0 Å². The van der Waals surface area contributed by atoms with Gasteiger partial charge >= 0.3 is 0 Å². The molecule has 0 radical (unpaired) electrons. The summed E-state index contributed by atoms with van der Waals surface area (Å²) >= 11 is 3.36. The summed E-state index contributed by atoms with van der Waals surface area (Å²) in [5.41, 5.74) is 0.173. The van der Waals surface area contributed by atoms with E-state index in [1.54, 1.807) is 37.3 Å². The molecule has 0 unspecified atom stereocenters. The second kappa shape index (κ2) is 5.37. The number of aromatic nitrogens is 1. The van der Waals surface area contributed by atoms with Gasteiger partial charge in [-0.15, -0.1) is 0 Å². The van der Waals surface area contributed by atoms with E-state index in [0.717, 1.165) is 19.4 Å². The van der Waals surface area contributed by atoms with Crippen molar-refractivity contribution in [2.24, 2.45) is 0 Å². The highest BCUT2D eigenvalue weighted by Crippen LogP contribution is 2.22. The Hall–Kier alpha value is -1.92. The first kappa shape index (κ1) is 15.0. The van der Waals surface area contributed by atoms with Crippen molar-refractivity contribution in [3.8, 4) is 0 Å². The van der Waals surface area contributed by atoms with Crippen LogP contribution in [-0.2, 0) is 10.0 Å². The minimum absolute atomic E-state index is 0.0907. The van der Waals surface area contributed by atoms with E-state index in [2.05, 4.69) is 15.9 Å². The average molecular weight is 378 g/mol. The van der Waals surface area contributed by atoms with Gasteiger partial charge in [0.1, 0.15) is 0 Å². The van der Waals surface area contributed by atoms with Gasteiger partial charge in [-0.25, -0.2) is 12.4 Å². The van der Waals surface area contributed by atoms with Crippen LogP contribution in [0.5, 0.6) is 0 Å². The van der Waals surface area contributed by atoms with E-state index in [0.29, 0.717) is 5.39 Å². The molecule has 0 saturated heterocycles. The topological polar surface area (TPSA) is 56.1 Å². The number of aryl methyl sites for hydroxylation is 1. The van der Waals surface area contributed by atoms with E-state index >= 15 is 0 Å². The number of benzene rings is 2. The van der Waals surface area contributed by atoms with Crippen LogP contribution >= 0.6 is 15.9 Å². The largest absolute Gasteiger partial charge is 0.272 e. The quantitative estimate of drug-likeness (QED) is 0.688. The second-order valence-electron chi connectivity index (χ2n) is 4.92. The molecule has 0 aliphatic carbocycles. The third-order valence-corrected chi connectivity index (χ3v) is 5.60. The fraction of sp³-hybridized carbons (Fsp3) is 0.0625. The second-order valence-corrected chi connectivity index (χ2v) is 7.65. The number of hydrogen-bond acceptors (Lipinski definition) is 3. The first-order valence-corrected chi connectivity index (χ1v) is 8.77. The zero-order valence-corrected chi connectivity index (χ0v) is 14.1. The van der Waals surface area contributed by atoms with E-state index in [4.69, 9.17) is 0 Å². The van der Waals surface area contributed by atoms with Crippen LogP contribution in [0.2, 0.25) is 0 Å². The Morgan fingerprint density at radius 1 is 1.00 bits per heavy atom. The number of rotatable bonds is 2. The number of nitrogens with zero attached hydrogens (tertiary/aromatic N) is 1. The lowest BCUT2D eigenvalue weighted by atomic mass is 10.1. The molecule has 0 spiro atoms. The van der Waals surface area contributed by atoms with Crippen LogP contribution in [0.15, 0.2) is 68.9 Å². The Morgan fingerprint density at radius 3 is 2.36 bits per heavy atom. The van der Waals surface area contributed by atoms with Crippen molar-refractivity contribution >= 4 is 36.7 Å². The molecule has 1 aromatic heterocycles. The molecule has 22 heavy (non-hydrogen) atoms. The molecule has 3 aromatic rings. The molecular weight excluding hydrogens is 366 g/mol. The fourth-order valence-corrected chi connectivity index (χ4v) is 4.04. The van der Waals surface area contributed by atoms with Gasteiger partial charge in [-0.2, -0.15) is 0 Å². The maximum absolute atomic E-state index is 12.7. The maximum atomic E-state index is 12.7. The first-order valence-electron chi connectivity index (χ1n) is 6.53. The van der Waals surface area contributed by atoms with Gasteiger partial charge in [0.15, 0.2) is 0 Å². The average Bonchev–Trinajstić information content (AvgIpc) is 2.51. The Kier molecular flexibility index (Phi) is 3.66. The molecule has 0 bridgehead atoms. The molecule has 0 N–H and O–H groups in total. The molecule has 0 fully saturated rings. The Bertz CT molecular complexity index is 1020. The highest BCUT2D eigenvalue weighted by Gasteiger charge is 2.20. The zero-order valence-electron chi connectivity index (χ0n) is 11.7. The van der Waals surface area contributed by atoms with Crippen LogP contribution < -0.4 is 5.56 Å². The minimum atomic E-state index is -3.90. The van der Waals surface area contributed by atoms with Gasteiger partial charge in [0.05, 0.1) is 4.90 Å². The third-order valence-electron chi connectivity index (χ3n) is 3.45. The lowest BCUT2D eigenvalue weighted by Crippen LogP contribution is -2.27. The van der Waals surface area contributed by atoms with Crippen molar-refractivity contribution in [1.29, 1.82) is 0 Å². The number of fused-ring (bicyclic) bond motifs is 1. The normalized spacial score (nSPS) is 11.7. The van der Waals surface area contributed by atoms with Crippen LogP contribution in [0.3, 0.4) is 0 Å². The smallest absolute Gasteiger partial charge is 0.268 e. The molecule has 112 valence electrons. The van der Waals surface area contributed by atoms with Gasteiger partial charge in [-0.3, -0.25) is 4.79 Å². The molecule has 1 heterocycles. The summed E-state index contributed by atoms with van der Waals surface area (Å²) in [6.45, 7) is 1.78. The highest BCUT2D eigenvalue weighted by molar-refractivity contribution is 9.10. The molecule has 2 aromatic carbocycles. The lowest BCUT2D eigenvalue weighted by Gasteiger charge is -2.11. The SMILES string of the molecule is Cc1cn(S(=O)(=O)c2ccccc2)c(=O)c2ccc(Br)cc12. The Morgan fingerprint density at radius 2 is 1.68 bits per heavy atom. The van der Waals surface area contributed by atoms with Crippen LogP contribution in [0.4, 0.5) is 0 Å². The molecule has 3 rings (SSSR count). The molecule has 0 saturated carbocycles. The zero-order chi connectivity index (χ0) is 15.9. The third kappa shape index (κ3) is 2.38. The summed E-state index contributed by atoms with van der Waals surface area (Å²) in [5, 5.41) is 1.11. The highest BCUT2D eigenvalue weighted by atomic mass is 79.9. The predicted octanol–water partition coefficient (Wildman–Crippen LogP) is 3.31. The summed E-state index contributed by atoms with van der Waals surface area (Å²) in [7, 11) is -3.90. The van der Waals surface area contributed by atoms with Crippen LogP contribution in [0.1, 0.15) is 5.56 Å². The van der Waals surface area contributed by atoms with Crippen molar-refractivity contribution in [1.82, 2.24) is 3.97 Å². The fourth-order valence-electron chi connectivity index (χ4n) is 2.34. The van der Waals surface area contributed by atoms with Gasteiger partial charge in [0.25, 0.3) is 15.6 Å². The lowest BCUT2D eigenvalue weighted by molar-refractivity contribution is 0.585. The van der Waals surface area contributed by atoms with E-state index in [1.165, 1.54) is 18.3 Å². The first-order chi connectivity index (χ1) is 10.4. The summed E-state index contributed by atoms with van der Waals surface area (Å²) < 4.78 is 27.0. The molecule has 0 aliphatic rings. The van der Waals surface area contributed by atoms with Crippen molar-refractivity contribution < 1.29 is 8.42 Å². The van der Waals surface area contributed by atoms with Crippen LogP contribution in [0, 0.1) is 6.92 Å². The summed E-state index contributed by atoms with van der Waals surface area (Å²) in [6, 6.07) is 13.1. The van der Waals surface area contributed by atoms with Crippen molar-refractivity contribution in [2.75, 3.05) is 0 Å². The van der Waals surface area contributed by atoms with Gasteiger partial charge < -0.3 is 0 Å². The molecule has 6 heteroatoms. The van der Waals surface area contributed by atoms with Crippen molar-refractivity contribution in [3.63, 3.8) is 0 Å². The number of halogens is 1. The van der Waals surface area contributed by atoms with E-state index < -0.39 is 15.6 Å². The van der Waals surface area contributed by atoms with E-state index in [1.807, 2.05) is 6.07 Å². The van der Waals surface area contributed by atoms with Crippen molar-refractivity contribution in [3.05, 3.63) is 75.1 Å². The van der Waals surface area contributed by atoms with Crippen LogP contribution in [0.25, 0.3) is 10.8 Å². The molecule has 0 aliphatic heterocycles. The standard InChI is InChI=1S/C16H12BrNO3S/c1-11-10-18(22(20,21)13-5-3-2-4-6-13)16(19)14-8-7-12(17)9-15(11)14/h2-10H,1H3. The Labute approximate surface area is 136 Å². The summed E-state index contributed by atoms with van der Waals surface area (Å²) in [6.07, 6.45) is 1.37. The number of hydrogen-bond donors (Lipinski definition) is 0. The van der Waals surface area contributed by atoms with Gasteiger partial charge in [0, 0.05) is 16.1 Å². The number of pyridine rings is 1. The van der Waals surface area contributed by atoms with Crippen LogP contribution in [-0.4, -0.2) is 12.4 Å². The molecule has 0 atom stereocenters. The molecule has 4 nitrogen and oxygen atoms in total. The van der Waals surface area contributed by atoms with Gasteiger partial charge in [-0.05, 0) is 48.2 Å². The maximum Gasteiger partial charge on any atom is 0.272 e. The molecule has 0 amide bonds. The minimum Gasteiger partial charge on any atom is -0.268 e. The Balaban J connectivity index is 2.36. The molecular formula is C16H12BrNO3S.